The lowest BCUT2D eigenvalue weighted by Crippen LogP contribution is -2.37. The smallest absolute Gasteiger partial charge is 0.319 e. The Labute approximate surface area is 107 Å². The van der Waals surface area contributed by atoms with Crippen LogP contribution in [0.2, 0.25) is 0 Å². The molecule has 0 amide bonds. The van der Waals surface area contributed by atoms with E-state index in [2.05, 4.69) is 0 Å². The average Bonchev–Trinajstić information content (AvgIpc) is 2.66. The number of carbonyl (C=O) groups excluding carboxylic acids is 1. The molecule has 0 saturated heterocycles. The summed E-state index contributed by atoms with van der Waals surface area (Å²) in [6.45, 7) is 5.71. The summed E-state index contributed by atoms with van der Waals surface area (Å²) in [5, 5.41) is 8.54. The average molecular weight is 258 g/mol. The summed E-state index contributed by atoms with van der Waals surface area (Å²) in [6.07, 6.45) is 3.02. The Morgan fingerprint density at radius 2 is 1.83 bits per heavy atom. The van der Waals surface area contributed by atoms with Crippen molar-refractivity contribution in [3.8, 4) is 0 Å². The highest BCUT2D eigenvalue weighted by Crippen LogP contribution is 2.30. The molecule has 1 fully saturated rings. The number of esters is 1. The van der Waals surface area contributed by atoms with Gasteiger partial charge < -0.3 is 14.6 Å². The van der Waals surface area contributed by atoms with Gasteiger partial charge in [-0.15, -0.1) is 0 Å². The zero-order chi connectivity index (χ0) is 13.8. The first-order chi connectivity index (χ1) is 8.29. The summed E-state index contributed by atoms with van der Waals surface area (Å²) in [4.78, 5) is 21.8. The van der Waals surface area contributed by atoms with E-state index in [4.69, 9.17) is 14.6 Å². The van der Waals surface area contributed by atoms with Crippen LogP contribution in [0.1, 0.15) is 52.9 Å². The van der Waals surface area contributed by atoms with Gasteiger partial charge in [0.15, 0.2) is 0 Å². The van der Waals surface area contributed by atoms with Crippen LogP contribution in [0.25, 0.3) is 0 Å². The highest BCUT2D eigenvalue weighted by Gasteiger charge is 2.33. The number of hydrogen-bond acceptors (Lipinski definition) is 4. The van der Waals surface area contributed by atoms with Crippen molar-refractivity contribution in [3.63, 3.8) is 0 Å². The summed E-state index contributed by atoms with van der Waals surface area (Å²) in [5.41, 5.74) is -0.364. The maximum Gasteiger partial charge on any atom is 0.319 e. The molecule has 0 heterocycles. The molecule has 0 aromatic heterocycles. The van der Waals surface area contributed by atoms with E-state index >= 15 is 0 Å². The standard InChI is InChI=1S/C13H22O5/c1-13(2,3)12(17-9-6-4-5-7-9)18-11(16)8-10(14)15/h9,12H,4-8H2,1-3H3,(H,14,15). The van der Waals surface area contributed by atoms with Gasteiger partial charge in [-0.3, -0.25) is 9.59 Å². The Hall–Kier alpha value is -1.10. The van der Waals surface area contributed by atoms with Gasteiger partial charge in [-0.05, 0) is 12.8 Å². The Balaban J connectivity index is 2.55. The van der Waals surface area contributed by atoms with Gasteiger partial charge in [0.2, 0.25) is 6.29 Å². The zero-order valence-corrected chi connectivity index (χ0v) is 11.3. The molecule has 1 unspecified atom stereocenters. The molecule has 1 aliphatic rings. The van der Waals surface area contributed by atoms with Crippen LogP contribution < -0.4 is 0 Å². The van der Waals surface area contributed by atoms with Gasteiger partial charge in [0.05, 0.1) is 6.10 Å². The Morgan fingerprint density at radius 1 is 1.28 bits per heavy atom. The van der Waals surface area contributed by atoms with E-state index in [9.17, 15) is 9.59 Å². The lowest BCUT2D eigenvalue weighted by atomic mass is 9.95. The van der Waals surface area contributed by atoms with E-state index < -0.39 is 24.6 Å². The third-order valence-corrected chi connectivity index (χ3v) is 2.86. The third kappa shape index (κ3) is 5.04. The molecule has 0 aliphatic heterocycles. The van der Waals surface area contributed by atoms with Gasteiger partial charge in [-0.2, -0.15) is 0 Å². The fourth-order valence-corrected chi connectivity index (χ4v) is 1.89. The fourth-order valence-electron chi connectivity index (χ4n) is 1.89. The predicted octanol–water partition coefficient (Wildman–Crippen LogP) is 2.34. The maximum absolute atomic E-state index is 11.4. The second kappa shape index (κ2) is 6.18. The van der Waals surface area contributed by atoms with Crippen molar-refractivity contribution in [2.24, 2.45) is 5.41 Å². The van der Waals surface area contributed by atoms with Crippen molar-refractivity contribution in [1.82, 2.24) is 0 Å². The topological polar surface area (TPSA) is 72.8 Å². The number of carboxylic acid groups (broad SMARTS) is 1. The summed E-state index contributed by atoms with van der Waals surface area (Å²) < 4.78 is 10.9. The second-order valence-electron chi connectivity index (χ2n) is 5.80. The Kier molecular flexibility index (Phi) is 5.14. The van der Waals surface area contributed by atoms with E-state index in [1.807, 2.05) is 20.8 Å². The molecule has 1 atom stereocenters. The Bertz CT molecular complexity index is 299. The molecule has 1 saturated carbocycles. The highest BCUT2D eigenvalue weighted by atomic mass is 16.7. The van der Waals surface area contributed by atoms with E-state index in [0.29, 0.717) is 0 Å². The fraction of sp³-hybridized carbons (Fsp3) is 0.846. The third-order valence-electron chi connectivity index (χ3n) is 2.86. The largest absolute Gasteiger partial charge is 0.481 e. The molecule has 0 aromatic rings. The van der Waals surface area contributed by atoms with Crippen molar-refractivity contribution in [2.75, 3.05) is 0 Å². The number of carbonyl (C=O) groups is 2. The Morgan fingerprint density at radius 3 is 2.28 bits per heavy atom. The minimum absolute atomic E-state index is 0.117. The van der Waals surface area contributed by atoms with E-state index in [1.54, 1.807) is 0 Å². The van der Waals surface area contributed by atoms with Gasteiger partial charge in [-0.1, -0.05) is 33.6 Å². The number of aliphatic carboxylic acids is 1. The van der Waals surface area contributed by atoms with Crippen LogP contribution in [0.3, 0.4) is 0 Å². The summed E-state index contributed by atoms with van der Waals surface area (Å²) >= 11 is 0. The molecule has 0 aromatic carbocycles. The molecule has 5 heteroatoms. The molecule has 18 heavy (non-hydrogen) atoms. The van der Waals surface area contributed by atoms with Crippen LogP contribution in [-0.2, 0) is 19.1 Å². The molecular weight excluding hydrogens is 236 g/mol. The normalized spacial score (nSPS) is 18.6. The van der Waals surface area contributed by atoms with E-state index in [1.165, 1.54) is 0 Å². The first-order valence-electron chi connectivity index (χ1n) is 6.36. The lowest BCUT2D eigenvalue weighted by Gasteiger charge is -2.32. The summed E-state index contributed by atoms with van der Waals surface area (Å²) in [7, 11) is 0. The van der Waals surface area contributed by atoms with Crippen LogP contribution in [0, 0.1) is 5.41 Å². The zero-order valence-electron chi connectivity index (χ0n) is 11.3. The van der Waals surface area contributed by atoms with Gasteiger partial charge in [0, 0.05) is 5.41 Å². The minimum atomic E-state index is -1.19. The molecular formula is C13H22O5. The molecule has 1 aliphatic carbocycles. The quantitative estimate of drug-likeness (QED) is 0.465. The van der Waals surface area contributed by atoms with Crippen LogP contribution in [0.15, 0.2) is 0 Å². The maximum atomic E-state index is 11.4. The first kappa shape index (κ1) is 15.0. The highest BCUT2D eigenvalue weighted by molar-refractivity contribution is 5.90. The number of rotatable bonds is 5. The van der Waals surface area contributed by atoms with Crippen molar-refractivity contribution >= 4 is 11.9 Å². The predicted molar refractivity (Wildman–Crippen MR) is 64.9 cm³/mol. The molecule has 1 N–H and O–H groups in total. The van der Waals surface area contributed by atoms with Gasteiger partial charge in [0.25, 0.3) is 0 Å². The van der Waals surface area contributed by atoms with Gasteiger partial charge in [-0.25, -0.2) is 0 Å². The SMILES string of the molecule is CC(C)(C)C(OC(=O)CC(=O)O)OC1CCCC1. The van der Waals surface area contributed by atoms with Crippen molar-refractivity contribution in [1.29, 1.82) is 0 Å². The number of carboxylic acids is 1. The molecule has 0 radical (unpaired) electrons. The monoisotopic (exact) mass is 258 g/mol. The van der Waals surface area contributed by atoms with Crippen LogP contribution in [-0.4, -0.2) is 29.4 Å². The number of hydrogen-bond donors (Lipinski definition) is 1. The van der Waals surface area contributed by atoms with Crippen molar-refractivity contribution in [2.45, 2.75) is 65.3 Å². The summed E-state index contributed by atoms with van der Waals surface area (Å²) in [5.74, 6) is -1.94. The van der Waals surface area contributed by atoms with Crippen LogP contribution in [0.5, 0.6) is 0 Å². The summed E-state index contributed by atoms with van der Waals surface area (Å²) in [6, 6.07) is 0. The van der Waals surface area contributed by atoms with Crippen molar-refractivity contribution in [3.05, 3.63) is 0 Å². The second-order valence-corrected chi connectivity index (χ2v) is 5.80. The molecule has 0 bridgehead atoms. The van der Waals surface area contributed by atoms with E-state index in [0.717, 1.165) is 25.7 Å². The van der Waals surface area contributed by atoms with Gasteiger partial charge >= 0.3 is 11.9 Å². The van der Waals surface area contributed by atoms with Crippen LogP contribution >= 0.6 is 0 Å². The van der Waals surface area contributed by atoms with E-state index in [-0.39, 0.29) is 11.5 Å². The lowest BCUT2D eigenvalue weighted by molar-refractivity contribution is -0.217. The molecule has 0 spiro atoms. The molecule has 104 valence electrons. The molecule has 1 rings (SSSR count). The van der Waals surface area contributed by atoms with Gasteiger partial charge in [0.1, 0.15) is 6.42 Å². The minimum Gasteiger partial charge on any atom is -0.481 e. The number of ether oxygens (including phenoxy) is 2. The molecule has 5 nitrogen and oxygen atoms in total. The first-order valence-corrected chi connectivity index (χ1v) is 6.36. The van der Waals surface area contributed by atoms with Crippen molar-refractivity contribution < 1.29 is 24.2 Å². The van der Waals surface area contributed by atoms with Crippen LogP contribution in [0.4, 0.5) is 0 Å².